The molecule has 150 valence electrons. The van der Waals surface area contributed by atoms with E-state index in [1.54, 1.807) is 20.3 Å². The number of benzene rings is 2. The number of nitrogens with zero attached hydrogens (tertiary/aromatic N) is 1. The molecule has 2 rings (SSSR count). The van der Waals surface area contributed by atoms with Crippen molar-refractivity contribution in [1.29, 1.82) is 0 Å². The van der Waals surface area contributed by atoms with E-state index in [0.717, 1.165) is 17.5 Å². The Labute approximate surface area is 166 Å². The number of amidine groups is 1. The molecule has 0 atom stereocenters. The van der Waals surface area contributed by atoms with E-state index in [-0.39, 0.29) is 11.9 Å². The summed E-state index contributed by atoms with van der Waals surface area (Å²) < 4.78 is 16.2. The molecule has 0 saturated carbocycles. The first-order valence-electron chi connectivity index (χ1n) is 9.33. The zero-order valence-corrected chi connectivity index (χ0v) is 17.0. The Bertz CT molecular complexity index is 818. The van der Waals surface area contributed by atoms with Gasteiger partial charge in [0, 0.05) is 12.1 Å². The molecule has 6 heteroatoms. The average Bonchev–Trinajstić information content (AvgIpc) is 2.71. The van der Waals surface area contributed by atoms with Crippen molar-refractivity contribution in [2.45, 2.75) is 26.7 Å². The number of carbonyl (C=O) groups excluding carboxylic acids is 1. The van der Waals surface area contributed by atoms with Crippen LogP contribution in [0.1, 0.15) is 34.8 Å². The second-order valence-corrected chi connectivity index (χ2v) is 6.30. The molecule has 6 nitrogen and oxygen atoms in total. The highest BCUT2D eigenvalue weighted by Gasteiger charge is 2.10. The third kappa shape index (κ3) is 6.30. The maximum absolute atomic E-state index is 12.5. The Hall–Kier alpha value is -3.02. The van der Waals surface area contributed by atoms with Crippen molar-refractivity contribution in [2.75, 3.05) is 27.4 Å². The summed E-state index contributed by atoms with van der Waals surface area (Å²) in [6.07, 6.45) is 1.51. The van der Waals surface area contributed by atoms with Crippen molar-refractivity contribution in [2.24, 2.45) is 4.99 Å². The van der Waals surface area contributed by atoms with E-state index >= 15 is 0 Å². The molecule has 1 amide bonds. The van der Waals surface area contributed by atoms with Gasteiger partial charge in [-0.3, -0.25) is 10.1 Å². The molecule has 0 aliphatic rings. The molecule has 0 radical (unpaired) electrons. The predicted octanol–water partition coefficient (Wildman–Crippen LogP) is 3.77. The van der Waals surface area contributed by atoms with Crippen molar-refractivity contribution in [3.05, 3.63) is 59.2 Å². The van der Waals surface area contributed by atoms with Gasteiger partial charge in [0.25, 0.3) is 11.9 Å². The average molecular weight is 384 g/mol. The summed E-state index contributed by atoms with van der Waals surface area (Å²) in [7, 11) is 3.22. The number of methoxy groups -OCH3 is 2. The minimum Gasteiger partial charge on any atom is -0.493 e. The van der Waals surface area contributed by atoms with Crippen LogP contribution in [0.2, 0.25) is 0 Å². The lowest BCUT2D eigenvalue weighted by molar-refractivity contribution is 0.0965. The van der Waals surface area contributed by atoms with Crippen molar-refractivity contribution in [1.82, 2.24) is 5.32 Å². The van der Waals surface area contributed by atoms with E-state index < -0.39 is 0 Å². The van der Waals surface area contributed by atoms with Crippen LogP contribution in [0.4, 0.5) is 0 Å². The van der Waals surface area contributed by atoms with E-state index in [4.69, 9.17) is 14.2 Å². The summed E-state index contributed by atoms with van der Waals surface area (Å²) in [4.78, 5) is 16.9. The standard InChI is InChI=1S/C22H28N2O4/c1-5-13-28-22(24-21(25)18-8-6-7-16(2)14-18)23-12-11-17-9-10-19(26-3)20(15-17)27-4/h6-10,14-15H,5,11-13H2,1-4H3,(H,23,24,25). The number of hydrogen-bond donors (Lipinski definition) is 1. The second kappa shape index (κ2) is 11.0. The number of carbonyl (C=O) groups is 1. The molecule has 1 N–H and O–H groups in total. The quantitative estimate of drug-likeness (QED) is 0.556. The molecule has 0 unspecified atom stereocenters. The Morgan fingerprint density at radius 1 is 1.07 bits per heavy atom. The lowest BCUT2D eigenvalue weighted by atomic mass is 10.1. The van der Waals surface area contributed by atoms with Gasteiger partial charge in [-0.2, -0.15) is 0 Å². The Balaban J connectivity index is 2.03. The first-order chi connectivity index (χ1) is 13.6. The highest BCUT2D eigenvalue weighted by molar-refractivity contribution is 6.04. The van der Waals surface area contributed by atoms with Gasteiger partial charge in [-0.05, 0) is 49.6 Å². The van der Waals surface area contributed by atoms with E-state index in [1.165, 1.54) is 0 Å². The molecule has 0 heterocycles. The predicted molar refractivity (Wildman–Crippen MR) is 110 cm³/mol. The van der Waals surface area contributed by atoms with Crippen LogP contribution in [-0.2, 0) is 11.2 Å². The topological polar surface area (TPSA) is 69.2 Å². The number of ether oxygens (including phenoxy) is 3. The molecule has 2 aromatic rings. The van der Waals surface area contributed by atoms with Gasteiger partial charge in [0.05, 0.1) is 20.8 Å². The van der Waals surface area contributed by atoms with Gasteiger partial charge < -0.3 is 14.2 Å². The summed E-state index contributed by atoms with van der Waals surface area (Å²) in [5, 5.41) is 2.77. The molecule has 0 bridgehead atoms. The van der Waals surface area contributed by atoms with Crippen LogP contribution in [0.5, 0.6) is 11.5 Å². The highest BCUT2D eigenvalue weighted by atomic mass is 16.5. The van der Waals surface area contributed by atoms with Crippen molar-refractivity contribution in [3.63, 3.8) is 0 Å². The minimum atomic E-state index is -0.232. The fourth-order valence-corrected chi connectivity index (χ4v) is 2.60. The SMILES string of the molecule is CCCOC(=NCCc1ccc(OC)c(OC)c1)NC(=O)c1cccc(C)c1. The summed E-state index contributed by atoms with van der Waals surface area (Å²) in [6, 6.07) is 13.4. The maximum atomic E-state index is 12.5. The zero-order valence-electron chi connectivity index (χ0n) is 17.0. The third-order valence-corrected chi connectivity index (χ3v) is 4.05. The zero-order chi connectivity index (χ0) is 20.4. The second-order valence-electron chi connectivity index (χ2n) is 6.30. The van der Waals surface area contributed by atoms with Crippen LogP contribution in [0.25, 0.3) is 0 Å². The van der Waals surface area contributed by atoms with Crippen LogP contribution < -0.4 is 14.8 Å². The highest BCUT2D eigenvalue weighted by Crippen LogP contribution is 2.27. The maximum Gasteiger partial charge on any atom is 0.291 e. The molecule has 0 aromatic heterocycles. The monoisotopic (exact) mass is 384 g/mol. The van der Waals surface area contributed by atoms with Crippen LogP contribution in [-0.4, -0.2) is 39.3 Å². The molecule has 0 saturated heterocycles. The minimum absolute atomic E-state index is 0.232. The Kier molecular flexibility index (Phi) is 8.34. The molecule has 0 aliphatic carbocycles. The van der Waals surface area contributed by atoms with Gasteiger partial charge in [-0.15, -0.1) is 0 Å². The van der Waals surface area contributed by atoms with Gasteiger partial charge in [-0.25, -0.2) is 4.99 Å². The largest absolute Gasteiger partial charge is 0.493 e. The molecular weight excluding hydrogens is 356 g/mol. The Morgan fingerprint density at radius 2 is 1.86 bits per heavy atom. The van der Waals surface area contributed by atoms with Crippen LogP contribution in [0.3, 0.4) is 0 Å². The Morgan fingerprint density at radius 3 is 2.54 bits per heavy atom. The summed E-state index contributed by atoms with van der Waals surface area (Å²) in [5.41, 5.74) is 2.66. The van der Waals surface area contributed by atoms with Crippen molar-refractivity contribution >= 4 is 11.9 Å². The number of nitrogens with one attached hydrogen (secondary N) is 1. The van der Waals surface area contributed by atoms with Gasteiger partial charge in [0.1, 0.15) is 0 Å². The summed E-state index contributed by atoms with van der Waals surface area (Å²) in [6.45, 7) is 4.91. The van der Waals surface area contributed by atoms with Crippen molar-refractivity contribution in [3.8, 4) is 11.5 Å². The van der Waals surface area contributed by atoms with Gasteiger partial charge in [0.15, 0.2) is 11.5 Å². The van der Waals surface area contributed by atoms with Crippen LogP contribution in [0.15, 0.2) is 47.5 Å². The van der Waals surface area contributed by atoms with E-state index in [2.05, 4.69) is 10.3 Å². The van der Waals surface area contributed by atoms with Gasteiger partial charge in [0.2, 0.25) is 0 Å². The summed E-state index contributed by atoms with van der Waals surface area (Å²) in [5.74, 6) is 1.14. The van der Waals surface area contributed by atoms with Gasteiger partial charge in [-0.1, -0.05) is 30.7 Å². The van der Waals surface area contributed by atoms with Crippen molar-refractivity contribution < 1.29 is 19.0 Å². The van der Waals surface area contributed by atoms with Gasteiger partial charge >= 0.3 is 0 Å². The number of hydrogen-bond acceptors (Lipinski definition) is 5. The first-order valence-corrected chi connectivity index (χ1v) is 9.33. The number of rotatable bonds is 8. The molecule has 0 spiro atoms. The fourth-order valence-electron chi connectivity index (χ4n) is 2.60. The molecule has 28 heavy (non-hydrogen) atoms. The fraction of sp³-hybridized carbons (Fsp3) is 0.364. The molecule has 0 fully saturated rings. The summed E-state index contributed by atoms with van der Waals surface area (Å²) >= 11 is 0. The van der Waals surface area contributed by atoms with E-state index in [0.29, 0.717) is 36.6 Å². The smallest absolute Gasteiger partial charge is 0.291 e. The number of aryl methyl sites for hydroxylation is 1. The molecule has 2 aromatic carbocycles. The first kappa shape index (κ1) is 21.3. The molecular formula is C22H28N2O4. The van der Waals surface area contributed by atoms with Crippen LogP contribution >= 0.6 is 0 Å². The molecule has 0 aliphatic heterocycles. The normalized spacial score (nSPS) is 11.1. The van der Waals surface area contributed by atoms with E-state index in [1.807, 2.05) is 50.2 Å². The van der Waals surface area contributed by atoms with Crippen LogP contribution in [0, 0.1) is 6.92 Å². The van der Waals surface area contributed by atoms with E-state index in [9.17, 15) is 4.79 Å². The lowest BCUT2D eigenvalue weighted by Crippen LogP contribution is -2.33. The number of amides is 1. The lowest BCUT2D eigenvalue weighted by Gasteiger charge is -2.11. The number of aliphatic imine (C=N–C) groups is 1. The third-order valence-electron chi connectivity index (χ3n) is 4.05.